The van der Waals surface area contributed by atoms with Gasteiger partial charge >= 0.3 is 0 Å². The minimum atomic E-state index is -4.20. The molecule has 0 saturated heterocycles. The van der Waals surface area contributed by atoms with E-state index in [-0.39, 0.29) is 29.5 Å². The summed E-state index contributed by atoms with van der Waals surface area (Å²) in [6.45, 7) is 3.95. The van der Waals surface area contributed by atoms with Gasteiger partial charge in [-0.15, -0.1) is 0 Å². The highest BCUT2D eigenvalue weighted by Gasteiger charge is 2.34. The fourth-order valence-electron chi connectivity index (χ4n) is 4.98. The lowest BCUT2D eigenvalue weighted by Crippen LogP contribution is -2.53. The van der Waals surface area contributed by atoms with Crippen LogP contribution in [0.5, 0.6) is 5.75 Å². The number of nitrogens with zero attached hydrogens (tertiary/aromatic N) is 2. The number of hydrogen-bond donors (Lipinski definition) is 1. The zero-order valence-corrected chi connectivity index (χ0v) is 28.8. The van der Waals surface area contributed by atoms with E-state index in [0.29, 0.717) is 12.3 Å². The molecule has 0 heterocycles. The molecule has 0 saturated carbocycles. The van der Waals surface area contributed by atoms with Crippen molar-refractivity contribution in [3.8, 4) is 5.75 Å². The smallest absolute Gasteiger partial charge is 0.264 e. The van der Waals surface area contributed by atoms with Crippen LogP contribution in [0, 0.1) is 6.92 Å². The fourth-order valence-corrected chi connectivity index (χ4v) is 6.65. The molecule has 1 N–H and O–H groups in total. The maximum absolute atomic E-state index is 14.6. The number of ether oxygens (including phenoxy) is 1. The Labute approximate surface area is 280 Å². The molecule has 10 heteroatoms. The first kappa shape index (κ1) is 34.7. The number of aryl methyl sites for hydroxylation is 1. The van der Waals surface area contributed by atoms with Crippen LogP contribution in [0.2, 0.25) is 0 Å². The second kappa shape index (κ2) is 16.4. The van der Waals surface area contributed by atoms with E-state index in [0.717, 1.165) is 38.3 Å². The second-order valence-corrected chi connectivity index (χ2v) is 13.8. The number of carbonyl (C=O) groups is 2. The van der Waals surface area contributed by atoms with Crippen LogP contribution in [0.15, 0.2) is 112 Å². The summed E-state index contributed by atoms with van der Waals surface area (Å²) < 4.78 is 35.7. The molecule has 0 bridgehead atoms. The number of sulfonamides is 1. The Hall–Kier alpha value is -4.15. The molecule has 2 amide bonds. The average molecular weight is 707 g/mol. The highest BCUT2D eigenvalue weighted by Crippen LogP contribution is 2.28. The van der Waals surface area contributed by atoms with Gasteiger partial charge in [-0.3, -0.25) is 13.9 Å². The van der Waals surface area contributed by atoms with Crippen LogP contribution < -0.4 is 14.4 Å². The molecule has 46 heavy (non-hydrogen) atoms. The SMILES string of the molecule is CCCCNC(=O)[C@@H](Cc1ccccc1)N(Cc1ccc(Br)cc1)C(=O)CN(c1cccc(OC)c1)S(=O)(=O)c1ccc(C)cc1. The first-order chi connectivity index (χ1) is 22.1. The van der Waals surface area contributed by atoms with E-state index in [9.17, 15) is 18.0 Å². The van der Waals surface area contributed by atoms with Gasteiger partial charge < -0.3 is 15.0 Å². The van der Waals surface area contributed by atoms with Crippen LogP contribution in [-0.4, -0.2) is 51.4 Å². The van der Waals surface area contributed by atoms with Crippen molar-refractivity contribution < 1.29 is 22.7 Å². The molecule has 0 radical (unpaired) electrons. The molecule has 0 aliphatic heterocycles. The van der Waals surface area contributed by atoms with Crippen LogP contribution in [0.1, 0.15) is 36.5 Å². The molecule has 4 aromatic rings. The minimum absolute atomic E-state index is 0.0475. The van der Waals surface area contributed by atoms with Gasteiger partial charge in [-0.1, -0.05) is 95.5 Å². The average Bonchev–Trinajstić information content (AvgIpc) is 3.06. The Morgan fingerprint density at radius 1 is 0.891 bits per heavy atom. The van der Waals surface area contributed by atoms with Gasteiger partial charge in [0.05, 0.1) is 17.7 Å². The van der Waals surface area contributed by atoms with E-state index in [1.807, 2.05) is 68.4 Å². The number of hydrogen-bond acceptors (Lipinski definition) is 5. The van der Waals surface area contributed by atoms with Gasteiger partial charge in [-0.05, 0) is 60.9 Å². The van der Waals surface area contributed by atoms with Gasteiger partial charge in [0.2, 0.25) is 11.8 Å². The van der Waals surface area contributed by atoms with Gasteiger partial charge in [-0.2, -0.15) is 0 Å². The van der Waals surface area contributed by atoms with E-state index in [4.69, 9.17) is 4.74 Å². The summed E-state index contributed by atoms with van der Waals surface area (Å²) in [6, 6.07) is 29.2. The zero-order valence-electron chi connectivity index (χ0n) is 26.4. The summed E-state index contributed by atoms with van der Waals surface area (Å²) >= 11 is 3.46. The molecule has 4 rings (SSSR count). The van der Waals surface area contributed by atoms with Crippen molar-refractivity contribution in [1.29, 1.82) is 0 Å². The number of nitrogens with one attached hydrogen (secondary N) is 1. The molecule has 0 unspecified atom stereocenters. The Kier molecular flexibility index (Phi) is 12.4. The van der Waals surface area contributed by atoms with Gasteiger partial charge in [0.1, 0.15) is 18.3 Å². The maximum atomic E-state index is 14.6. The van der Waals surface area contributed by atoms with Crippen molar-refractivity contribution in [1.82, 2.24) is 10.2 Å². The number of halogens is 1. The first-order valence-electron chi connectivity index (χ1n) is 15.2. The highest BCUT2D eigenvalue weighted by molar-refractivity contribution is 9.10. The van der Waals surface area contributed by atoms with E-state index in [1.165, 1.54) is 24.1 Å². The molecule has 0 aromatic heterocycles. The molecule has 4 aromatic carbocycles. The van der Waals surface area contributed by atoms with Gasteiger partial charge in [0, 0.05) is 30.0 Å². The largest absolute Gasteiger partial charge is 0.497 e. The highest BCUT2D eigenvalue weighted by atomic mass is 79.9. The predicted molar refractivity (Wildman–Crippen MR) is 185 cm³/mol. The molecule has 0 spiro atoms. The van der Waals surface area contributed by atoms with Crippen molar-refractivity contribution in [3.05, 3.63) is 124 Å². The molecule has 0 aliphatic carbocycles. The van der Waals surface area contributed by atoms with Crippen LogP contribution in [-0.2, 0) is 32.6 Å². The number of benzene rings is 4. The van der Waals surface area contributed by atoms with E-state index < -0.39 is 28.5 Å². The second-order valence-electron chi connectivity index (χ2n) is 11.0. The van der Waals surface area contributed by atoms with Crippen molar-refractivity contribution in [2.75, 3.05) is 24.5 Å². The van der Waals surface area contributed by atoms with E-state index >= 15 is 0 Å². The van der Waals surface area contributed by atoms with Crippen molar-refractivity contribution in [2.45, 2.75) is 50.6 Å². The lowest BCUT2D eigenvalue weighted by Gasteiger charge is -2.34. The number of methoxy groups -OCH3 is 1. The first-order valence-corrected chi connectivity index (χ1v) is 17.4. The lowest BCUT2D eigenvalue weighted by molar-refractivity contribution is -0.140. The normalized spacial score (nSPS) is 11.8. The molecule has 8 nitrogen and oxygen atoms in total. The van der Waals surface area contributed by atoms with Gasteiger partial charge in [0.15, 0.2) is 0 Å². The number of rotatable bonds is 15. The number of amides is 2. The summed E-state index contributed by atoms with van der Waals surface area (Å²) in [4.78, 5) is 29.9. The van der Waals surface area contributed by atoms with Crippen molar-refractivity contribution >= 4 is 43.5 Å². The molecule has 1 atom stereocenters. The van der Waals surface area contributed by atoms with Crippen molar-refractivity contribution in [3.63, 3.8) is 0 Å². The van der Waals surface area contributed by atoms with Crippen LogP contribution >= 0.6 is 15.9 Å². The summed E-state index contributed by atoms with van der Waals surface area (Å²) in [5.41, 5.74) is 2.85. The third-order valence-electron chi connectivity index (χ3n) is 7.60. The number of unbranched alkanes of at least 4 members (excludes halogenated alkanes) is 1. The summed E-state index contributed by atoms with van der Waals surface area (Å²) in [6.07, 6.45) is 1.95. The van der Waals surface area contributed by atoms with Crippen LogP contribution in [0.25, 0.3) is 0 Å². The molecule has 0 aliphatic rings. The molecule has 242 valence electrons. The summed E-state index contributed by atoms with van der Waals surface area (Å²) in [5.74, 6) is -0.372. The van der Waals surface area contributed by atoms with Gasteiger partial charge in [0.25, 0.3) is 10.0 Å². The molecular weight excluding hydrogens is 666 g/mol. The summed E-state index contributed by atoms with van der Waals surface area (Å²) in [7, 11) is -2.71. The van der Waals surface area contributed by atoms with E-state index in [2.05, 4.69) is 21.2 Å². The third-order valence-corrected chi connectivity index (χ3v) is 9.91. The van der Waals surface area contributed by atoms with Crippen molar-refractivity contribution in [2.24, 2.45) is 0 Å². The predicted octanol–water partition coefficient (Wildman–Crippen LogP) is 6.52. The van der Waals surface area contributed by atoms with Crippen LogP contribution in [0.3, 0.4) is 0 Å². The molecule has 0 fully saturated rings. The van der Waals surface area contributed by atoms with Gasteiger partial charge in [-0.25, -0.2) is 8.42 Å². The lowest BCUT2D eigenvalue weighted by atomic mass is 10.0. The topological polar surface area (TPSA) is 96.0 Å². The third kappa shape index (κ3) is 9.20. The Morgan fingerprint density at radius 3 is 2.24 bits per heavy atom. The Balaban J connectivity index is 1.80. The zero-order chi connectivity index (χ0) is 33.1. The number of carbonyl (C=O) groups excluding carboxylic acids is 2. The number of anilines is 1. The standard InChI is InChI=1S/C36H40BrN3O5S/c1-4-5-22-38-36(42)34(23-28-10-7-6-8-11-28)39(25-29-16-18-30(37)19-17-29)35(41)26-40(31-12-9-13-32(24-31)45-3)46(43,44)33-20-14-27(2)15-21-33/h6-21,24,34H,4-5,22-23,25-26H2,1-3H3,(H,38,42)/t34-/m1/s1. The maximum Gasteiger partial charge on any atom is 0.264 e. The quantitative estimate of drug-likeness (QED) is 0.142. The Morgan fingerprint density at radius 2 is 1.59 bits per heavy atom. The van der Waals surface area contributed by atoms with Crippen LogP contribution in [0.4, 0.5) is 5.69 Å². The molecular formula is C36H40BrN3O5S. The summed E-state index contributed by atoms with van der Waals surface area (Å²) in [5, 5.41) is 3.01. The fraction of sp³-hybridized carbons (Fsp3) is 0.278. The minimum Gasteiger partial charge on any atom is -0.497 e. The monoisotopic (exact) mass is 705 g/mol. The van der Waals surface area contributed by atoms with E-state index in [1.54, 1.807) is 36.4 Å². The Bertz CT molecular complexity index is 1700.